The number of alkyl halides is 6. The highest BCUT2D eigenvalue weighted by molar-refractivity contribution is 7.99. The molecule has 0 amide bonds. The van der Waals surface area contributed by atoms with E-state index in [2.05, 4.69) is 23.8 Å². The molecule has 0 aliphatic heterocycles. The number of rotatable bonds is 8. The minimum Gasteiger partial charge on any atom is -0.382 e. The van der Waals surface area contributed by atoms with Crippen LogP contribution in [0, 0.1) is 0 Å². The van der Waals surface area contributed by atoms with Crippen LogP contribution in [0.2, 0.25) is 0 Å². The lowest BCUT2D eigenvalue weighted by Crippen LogP contribution is -2.30. The summed E-state index contributed by atoms with van der Waals surface area (Å²) < 4.78 is 140. The van der Waals surface area contributed by atoms with E-state index in [0.717, 1.165) is 23.7 Å². The molecular formula is C21H22F6N8O7S3. The standard InChI is InChI=1S/C10H9F3N4O2S.C9H10N4.C2H3F3O5S2/c11-10(12,13)20(18,19)16-9-3-6-17(15-9)7-8-1-4-14-5-2-8;10-9-3-6-13(12-9)7-8-1-4-11-5-2-8;1-11(6,7)10-12(8,9)2(3,4)5/h1-6H,7H2,(H,15,16);1-6H,7H2,(H2,10,12);1H3. The molecular weight excluding hydrogens is 686 g/mol. The van der Waals surface area contributed by atoms with Crippen molar-refractivity contribution in [3.63, 3.8) is 0 Å². The molecule has 0 atom stereocenters. The summed E-state index contributed by atoms with van der Waals surface area (Å²) in [6, 6.07) is 10.3. The van der Waals surface area contributed by atoms with Gasteiger partial charge in [-0.05, 0) is 41.5 Å². The van der Waals surface area contributed by atoms with E-state index in [-0.39, 0.29) is 12.8 Å². The van der Waals surface area contributed by atoms with Gasteiger partial charge in [-0.15, -0.1) is 3.63 Å². The van der Waals surface area contributed by atoms with E-state index in [4.69, 9.17) is 5.73 Å². The Morgan fingerprint density at radius 1 is 0.733 bits per heavy atom. The first-order chi connectivity index (χ1) is 20.6. The Balaban J connectivity index is 0.000000247. The second-order valence-corrected chi connectivity index (χ2v) is 13.3. The molecule has 0 radical (unpaired) electrons. The molecule has 0 aliphatic rings. The van der Waals surface area contributed by atoms with E-state index in [1.54, 1.807) is 47.7 Å². The summed E-state index contributed by atoms with van der Waals surface area (Å²) in [5, 5.41) is 7.79. The minimum atomic E-state index is -6.04. The number of hydrogen-bond donors (Lipinski definition) is 2. The maximum absolute atomic E-state index is 12.2. The lowest BCUT2D eigenvalue weighted by Gasteiger charge is -2.08. The number of nitrogen functional groups attached to an aromatic ring is 1. The van der Waals surface area contributed by atoms with Crippen LogP contribution in [-0.4, -0.2) is 72.1 Å². The molecule has 3 N–H and O–H groups in total. The molecule has 4 rings (SSSR count). The SMILES string of the molecule is CS(=O)(=O)OS(=O)(=O)C(F)(F)F.Nc1ccn(Cc2ccncc2)n1.O=S(=O)(Nc1ccn(Cc2ccncc2)n1)C(F)(F)F. The predicted molar refractivity (Wildman–Crippen MR) is 145 cm³/mol. The van der Waals surface area contributed by atoms with Crippen LogP contribution in [0.1, 0.15) is 11.1 Å². The predicted octanol–water partition coefficient (Wildman–Crippen LogP) is 2.31. The lowest BCUT2D eigenvalue weighted by molar-refractivity contribution is -0.0498. The fraction of sp³-hybridized carbons (Fsp3) is 0.238. The topological polar surface area (TPSA) is 211 Å². The summed E-state index contributed by atoms with van der Waals surface area (Å²) in [6.07, 6.45) is 10.1. The average Bonchev–Trinajstić information content (AvgIpc) is 3.51. The number of nitrogens with zero attached hydrogens (tertiary/aromatic N) is 6. The van der Waals surface area contributed by atoms with Gasteiger partial charge in [0.05, 0.1) is 19.3 Å². The first-order valence-electron chi connectivity index (χ1n) is 11.5. The van der Waals surface area contributed by atoms with E-state index in [9.17, 15) is 51.6 Å². The molecule has 4 heterocycles. The fourth-order valence-corrected chi connectivity index (χ4v) is 4.83. The van der Waals surface area contributed by atoms with Crippen LogP contribution in [0.5, 0.6) is 0 Å². The summed E-state index contributed by atoms with van der Waals surface area (Å²) in [5.74, 6) is 0.158. The quantitative estimate of drug-likeness (QED) is 0.200. The van der Waals surface area contributed by atoms with Crippen molar-refractivity contribution >= 4 is 41.9 Å². The van der Waals surface area contributed by atoms with Crippen LogP contribution in [0.15, 0.2) is 73.6 Å². The van der Waals surface area contributed by atoms with Crippen LogP contribution in [0.3, 0.4) is 0 Å². The van der Waals surface area contributed by atoms with Gasteiger partial charge in [0.15, 0.2) is 5.82 Å². The molecule has 15 nitrogen and oxygen atoms in total. The van der Waals surface area contributed by atoms with Crippen molar-refractivity contribution in [2.75, 3.05) is 16.7 Å². The number of aromatic nitrogens is 6. The van der Waals surface area contributed by atoms with Gasteiger partial charge in [-0.3, -0.25) is 24.1 Å². The largest absolute Gasteiger partial charge is 0.524 e. The van der Waals surface area contributed by atoms with Gasteiger partial charge >= 0.3 is 31.2 Å². The summed E-state index contributed by atoms with van der Waals surface area (Å²) in [5.41, 5.74) is -3.62. The number of nitrogens with two attached hydrogens (primary N) is 1. The highest BCUT2D eigenvalue weighted by atomic mass is 32.3. The smallest absolute Gasteiger partial charge is 0.382 e. The first kappa shape index (κ1) is 36.9. The first-order valence-corrected chi connectivity index (χ1v) is 16.2. The second kappa shape index (κ2) is 14.7. The van der Waals surface area contributed by atoms with Gasteiger partial charge in [-0.1, -0.05) is 0 Å². The highest BCUT2D eigenvalue weighted by Gasteiger charge is 2.49. The Bertz CT molecular complexity index is 1850. The summed E-state index contributed by atoms with van der Waals surface area (Å²) >= 11 is 0. The zero-order valence-corrected chi connectivity index (χ0v) is 24.9. The van der Waals surface area contributed by atoms with Crippen molar-refractivity contribution in [3.8, 4) is 0 Å². The van der Waals surface area contributed by atoms with Crippen LogP contribution in [0.4, 0.5) is 38.0 Å². The molecule has 0 spiro atoms. The molecule has 0 unspecified atom stereocenters. The summed E-state index contributed by atoms with van der Waals surface area (Å²) in [6.45, 7) is 1.02. The molecule has 0 fully saturated rings. The van der Waals surface area contributed by atoms with Gasteiger partial charge in [-0.25, -0.2) is 0 Å². The Hall–Kier alpha value is -4.29. The van der Waals surface area contributed by atoms with E-state index in [1.165, 1.54) is 15.6 Å². The number of sulfonamides is 1. The zero-order valence-electron chi connectivity index (χ0n) is 22.5. The van der Waals surface area contributed by atoms with E-state index in [0.29, 0.717) is 5.82 Å². The van der Waals surface area contributed by atoms with Crippen molar-refractivity contribution in [2.24, 2.45) is 0 Å². The third-order valence-corrected chi connectivity index (χ3v) is 7.89. The Labute approximate surface area is 252 Å². The van der Waals surface area contributed by atoms with Crippen LogP contribution in [0.25, 0.3) is 0 Å². The molecule has 0 aliphatic carbocycles. The van der Waals surface area contributed by atoms with Crippen LogP contribution >= 0.6 is 0 Å². The molecule has 0 saturated carbocycles. The molecule has 0 aromatic carbocycles. The van der Waals surface area contributed by atoms with Gasteiger partial charge in [0.2, 0.25) is 0 Å². The van der Waals surface area contributed by atoms with Gasteiger partial charge in [-0.2, -0.15) is 61.8 Å². The lowest BCUT2D eigenvalue weighted by atomic mass is 10.3. The Morgan fingerprint density at radius 2 is 1.18 bits per heavy atom. The molecule has 248 valence electrons. The van der Waals surface area contributed by atoms with Crippen molar-refractivity contribution in [1.82, 2.24) is 29.5 Å². The monoisotopic (exact) mass is 708 g/mol. The third kappa shape index (κ3) is 12.7. The number of nitrogens with one attached hydrogen (secondary N) is 1. The molecule has 45 heavy (non-hydrogen) atoms. The molecule has 4 aromatic rings. The van der Waals surface area contributed by atoms with Gasteiger partial charge in [0.1, 0.15) is 5.82 Å². The molecule has 0 bridgehead atoms. The number of anilines is 2. The molecule has 0 saturated heterocycles. The number of hydrogen-bond acceptors (Lipinski definition) is 12. The average molecular weight is 709 g/mol. The van der Waals surface area contributed by atoms with E-state index in [1.807, 2.05) is 18.3 Å². The van der Waals surface area contributed by atoms with Gasteiger partial charge < -0.3 is 5.73 Å². The zero-order chi connectivity index (χ0) is 34.1. The molecule has 4 aromatic heterocycles. The van der Waals surface area contributed by atoms with Crippen molar-refractivity contribution < 1.29 is 55.2 Å². The van der Waals surface area contributed by atoms with Crippen molar-refractivity contribution in [3.05, 3.63) is 84.7 Å². The van der Waals surface area contributed by atoms with Crippen LogP contribution in [-0.2, 0) is 47.0 Å². The van der Waals surface area contributed by atoms with Crippen molar-refractivity contribution in [2.45, 2.75) is 24.1 Å². The van der Waals surface area contributed by atoms with E-state index >= 15 is 0 Å². The maximum atomic E-state index is 12.2. The van der Waals surface area contributed by atoms with E-state index < -0.39 is 47.1 Å². The maximum Gasteiger partial charge on any atom is 0.524 e. The summed E-state index contributed by atoms with van der Waals surface area (Å²) in [4.78, 5) is 7.76. The highest BCUT2D eigenvalue weighted by Crippen LogP contribution is 2.26. The normalized spacial score (nSPS) is 12.3. The molecule has 24 heteroatoms. The number of pyridine rings is 2. The third-order valence-electron chi connectivity index (χ3n) is 4.53. The Morgan fingerprint density at radius 3 is 1.53 bits per heavy atom. The fourth-order valence-electron chi connectivity index (χ4n) is 2.72. The van der Waals surface area contributed by atoms with Gasteiger partial charge in [0, 0.05) is 43.2 Å². The van der Waals surface area contributed by atoms with Gasteiger partial charge in [0.25, 0.3) is 10.1 Å². The van der Waals surface area contributed by atoms with Crippen LogP contribution < -0.4 is 10.5 Å². The Kier molecular flexibility index (Phi) is 12.0. The second-order valence-electron chi connectivity index (χ2n) is 8.27. The number of halogens is 6. The summed E-state index contributed by atoms with van der Waals surface area (Å²) in [7, 11) is -16.2. The van der Waals surface area contributed by atoms with Crippen molar-refractivity contribution in [1.29, 1.82) is 0 Å². The minimum absolute atomic E-state index is 0.191.